The van der Waals surface area contributed by atoms with Gasteiger partial charge in [0.1, 0.15) is 16.5 Å². The van der Waals surface area contributed by atoms with Gasteiger partial charge in [0, 0.05) is 17.5 Å². The molecule has 0 aliphatic carbocycles. The second-order valence-corrected chi connectivity index (χ2v) is 7.84. The number of aryl methyl sites for hydroxylation is 3. The Morgan fingerprint density at radius 1 is 1.00 bits per heavy atom. The maximum Gasteiger partial charge on any atom is 0.283 e. The van der Waals surface area contributed by atoms with Crippen molar-refractivity contribution in [1.29, 1.82) is 0 Å². The van der Waals surface area contributed by atoms with Crippen LogP contribution in [-0.2, 0) is 6.61 Å². The zero-order chi connectivity index (χ0) is 21.1. The first kappa shape index (κ1) is 20.0. The van der Waals surface area contributed by atoms with Crippen molar-refractivity contribution in [3.8, 4) is 17.3 Å². The van der Waals surface area contributed by atoms with Gasteiger partial charge < -0.3 is 9.15 Å². The van der Waals surface area contributed by atoms with Crippen LogP contribution in [-0.4, -0.2) is 25.1 Å². The number of pyridine rings is 1. The molecule has 7 nitrogen and oxygen atoms in total. The number of hydrogen-bond donors (Lipinski definition) is 0. The van der Waals surface area contributed by atoms with Crippen molar-refractivity contribution in [2.75, 3.05) is 0 Å². The molecule has 4 aromatic rings. The van der Waals surface area contributed by atoms with E-state index in [9.17, 15) is 0 Å². The monoisotopic (exact) mass is 419 g/mol. The smallest absolute Gasteiger partial charge is 0.283 e. The fourth-order valence-electron chi connectivity index (χ4n) is 2.73. The molecule has 0 bridgehead atoms. The molecule has 0 atom stereocenters. The lowest BCUT2D eigenvalue weighted by atomic mass is 10.1. The predicted molar refractivity (Wildman–Crippen MR) is 113 cm³/mol. The van der Waals surface area contributed by atoms with E-state index < -0.39 is 0 Å². The maximum absolute atomic E-state index is 5.85. The third-order valence-corrected chi connectivity index (χ3v) is 5.50. The number of rotatable bonds is 6. The van der Waals surface area contributed by atoms with E-state index in [4.69, 9.17) is 9.15 Å². The molecule has 0 aliphatic heterocycles. The Morgan fingerprint density at radius 2 is 1.87 bits per heavy atom. The summed E-state index contributed by atoms with van der Waals surface area (Å²) in [5, 5.41) is 9.38. The molecule has 0 amide bonds. The summed E-state index contributed by atoms with van der Waals surface area (Å²) in [5.41, 5.74) is 4.76. The van der Waals surface area contributed by atoms with Crippen LogP contribution in [0.5, 0.6) is 5.75 Å². The first-order chi connectivity index (χ1) is 14.5. The van der Waals surface area contributed by atoms with Gasteiger partial charge in [-0.3, -0.25) is 4.98 Å². The molecule has 0 spiro atoms. The molecule has 0 saturated heterocycles. The van der Waals surface area contributed by atoms with E-state index in [1.807, 2.05) is 58.0 Å². The Hall–Kier alpha value is -3.26. The molecule has 0 aliphatic rings. The van der Waals surface area contributed by atoms with Crippen LogP contribution in [0, 0.1) is 27.7 Å². The van der Waals surface area contributed by atoms with E-state index in [2.05, 4.69) is 31.2 Å². The van der Waals surface area contributed by atoms with Gasteiger partial charge in [-0.1, -0.05) is 18.2 Å². The summed E-state index contributed by atoms with van der Waals surface area (Å²) in [6.07, 6.45) is 1.72. The van der Waals surface area contributed by atoms with Crippen molar-refractivity contribution in [3.05, 3.63) is 70.9 Å². The van der Waals surface area contributed by atoms with Crippen molar-refractivity contribution in [2.45, 2.75) is 44.6 Å². The molecule has 1 aromatic carbocycles. The zero-order valence-corrected chi connectivity index (χ0v) is 18.0. The van der Waals surface area contributed by atoms with E-state index in [0.29, 0.717) is 16.9 Å². The summed E-state index contributed by atoms with van der Waals surface area (Å²) >= 11 is 1.31. The number of benzene rings is 1. The van der Waals surface area contributed by atoms with E-state index in [0.717, 1.165) is 38.9 Å². The van der Waals surface area contributed by atoms with E-state index in [-0.39, 0.29) is 6.61 Å². The van der Waals surface area contributed by atoms with Gasteiger partial charge in [0.2, 0.25) is 0 Å². The molecule has 0 N–H and O–H groups in total. The van der Waals surface area contributed by atoms with Gasteiger partial charge in [-0.15, -0.1) is 10.2 Å². The highest BCUT2D eigenvalue weighted by atomic mass is 32.2. The van der Waals surface area contributed by atoms with Crippen LogP contribution in [0.15, 0.2) is 57.3 Å². The van der Waals surface area contributed by atoms with Crippen LogP contribution in [0.4, 0.5) is 0 Å². The minimum atomic E-state index is 0.207. The minimum absolute atomic E-state index is 0.207. The third-order valence-electron chi connectivity index (χ3n) is 4.57. The average Bonchev–Trinajstić information content (AvgIpc) is 3.20. The molecular formula is C22H21N5O2S. The molecule has 3 aromatic heterocycles. The van der Waals surface area contributed by atoms with E-state index in [1.165, 1.54) is 11.8 Å². The summed E-state index contributed by atoms with van der Waals surface area (Å²) in [5.74, 6) is 1.79. The Balaban J connectivity index is 1.51. The van der Waals surface area contributed by atoms with Crippen molar-refractivity contribution >= 4 is 11.8 Å². The van der Waals surface area contributed by atoms with E-state index in [1.54, 1.807) is 6.20 Å². The summed E-state index contributed by atoms with van der Waals surface area (Å²) in [6, 6.07) is 11.7. The Labute approximate surface area is 179 Å². The average molecular weight is 420 g/mol. The number of aromatic nitrogens is 5. The second-order valence-electron chi connectivity index (χ2n) is 6.90. The van der Waals surface area contributed by atoms with Crippen LogP contribution in [0.2, 0.25) is 0 Å². The van der Waals surface area contributed by atoms with Crippen molar-refractivity contribution < 1.29 is 9.15 Å². The molecule has 4 rings (SSSR count). The summed E-state index contributed by atoms with van der Waals surface area (Å²) < 4.78 is 11.6. The first-order valence-electron chi connectivity index (χ1n) is 9.46. The number of hydrogen-bond acceptors (Lipinski definition) is 8. The topological polar surface area (TPSA) is 86.8 Å². The molecule has 0 radical (unpaired) electrons. The summed E-state index contributed by atoms with van der Waals surface area (Å²) in [6.45, 7) is 8.16. The fourth-order valence-corrected chi connectivity index (χ4v) is 3.55. The third kappa shape index (κ3) is 4.49. The minimum Gasteiger partial charge on any atom is -0.484 e. The van der Waals surface area contributed by atoms with Crippen molar-refractivity contribution in [1.82, 2.24) is 25.1 Å². The molecule has 0 fully saturated rings. The zero-order valence-electron chi connectivity index (χ0n) is 17.2. The largest absolute Gasteiger partial charge is 0.484 e. The van der Waals surface area contributed by atoms with Crippen LogP contribution < -0.4 is 4.74 Å². The van der Waals surface area contributed by atoms with E-state index >= 15 is 0 Å². The SMILES string of the molecule is Cc1ccc(C)c(OCc2nnc(Sc3nc(-c4ccccn4)nc(C)c3C)o2)c1. The lowest BCUT2D eigenvalue weighted by Gasteiger charge is -2.08. The molecular weight excluding hydrogens is 398 g/mol. The number of nitrogens with zero attached hydrogens (tertiary/aromatic N) is 5. The van der Waals surface area contributed by atoms with Crippen molar-refractivity contribution in [2.24, 2.45) is 0 Å². The lowest BCUT2D eigenvalue weighted by molar-refractivity contribution is 0.250. The molecule has 152 valence electrons. The fraction of sp³-hybridized carbons (Fsp3) is 0.227. The van der Waals surface area contributed by atoms with Gasteiger partial charge in [-0.2, -0.15) is 0 Å². The maximum atomic E-state index is 5.85. The normalized spacial score (nSPS) is 10.9. The van der Waals surface area contributed by atoms with Gasteiger partial charge in [0.05, 0.1) is 0 Å². The van der Waals surface area contributed by atoms with Gasteiger partial charge >= 0.3 is 0 Å². The van der Waals surface area contributed by atoms with Crippen LogP contribution >= 0.6 is 11.8 Å². The number of ether oxygens (including phenoxy) is 1. The van der Waals surface area contributed by atoms with Gasteiger partial charge in [0.15, 0.2) is 12.4 Å². The van der Waals surface area contributed by atoms with Crippen molar-refractivity contribution in [3.63, 3.8) is 0 Å². The van der Waals surface area contributed by atoms with Crippen LogP contribution in [0.3, 0.4) is 0 Å². The lowest BCUT2D eigenvalue weighted by Crippen LogP contribution is -1.99. The summed E-state index contributed by atoms with van der Waals surface area (Å²) in [4.78, 5) is 13.5. The Bertz CT molecular complexity index is 1180. The second kappa shape index (κ2) is 8.62. The predicted octanol–water partition coefficient (Wildman–Crippen LogP) is 4.89. The Kier molecular flexibility index (Phi) is 5.76. The molecule has 0 saturated carbocycles. The quantitative estimate of drug-likeness (QED) is 0.409. The Morgan fingerprint density at radius 3 is 2.67 bits per heavy atom. The molecule has 30 heavy (non-hydrogen) atoms. The van der Waals surface area contributed by atoms with Gasteiger partial charge in [-0.25, -0.2) is 9.97 Å². The van der Waals surface area contributed by atoms with Gasteiger partial charge in [-0.05, 0) is 68.8 Å². The summed E-state index contributed by atoms with van der Waals surface area (Å²) in [7, 11) is 0. The van der Waals surface area contributed by atoms with Crippen LogP contribution in [0.25, 0.3) is 11.5 Å². The highest BCUT2D eigenvalue weighted by Gasteiger charge is 2.16. The highest BCUT2D eigenvalue weighted by Crippen LogP contribution is 2.30. The first-order valence-corrected chi connectivity index (χ1v) is 10.3. The van der Waals surface area contributed by atoms with Crippen LogP contribution in [0.1, 0.15) is 28.3 Å². The molecule has 3 heterocycles. The molecule has 0 unspecified atom stereocenters. The molecule has 8 heteroatoms. The highest BCUT2D eigenvalue weighted by molar-refractivity contribution is 7.99. The standard InChI is InChI=1S/C22H21N5O2S/c1-13-8-9-14(2)18(11-13)28-12-19-26-27-22(29-19)30-21-15(3)16(4)24-20(25-21)17-7-5-6-10-23-17/h5-11H,12H2,1-4H3. The van der Waals surface area contributed by atoms with Gasteiger partial charge in [0.25, 0.3) is 11.1 Å².